The highest BCUT2D eigenvalue weighted by Gasteiger charge is 2.10. The number of nitrogens with one attached hydrogen (secondary N) is 2. The maximum atomic E-state index is 13.4. The van der Waals surface area contributed by atoms with Crippen molar-refractivity contribution >= 4 is 44.9 Å². The topological polar surface area (TPSA) is 41.1 Å². The number of carbonyl (C=O) groups is 1. The SMILES string of the molecule is Cc1cc(Br)c(NC(=O)Nc2ccccc2F)cc1Cl. The molecule has 20 heavy (non-hydrogen) atoms. The van der Waals surface area contributed by atoms with Gasteiger partial charge in [0.25, 0.3) is 0 Å². The molecule has 0 atom stereocenters. The summed E-state index contributed by atoms with van der Waals surface area (Å²) in [6, 6.07) is 8.81. The number of aryl methyl sites for hydroxylation is 1. The first-order valence-corrected chi connectivity index (χ1v) is 6.92. The van der Waals surface area contributed by atoms with Crippen molar-refractivity contribution in [3.63, 3.8) is 0 Å². The fraction of sp³-hybridized carbons (Fsp3) is 0.0714. The molecule has 0 aliphatic rings. The second-order valence-corrected chi connectivity index (χ2v) is 5.40. The Morgan fingerprint density at radius 2 is 1.85 bits per heavy atom. The minimum atomic E-state index is -0.546. The standard InChI is InChI=1S/C14H11BrClFN2O/c1-8-6-9(15)13(7-10(8)16)19-14(20)18-12-5-3-2-4-11(12)17/h2-7H,1H3,(H2,18,19,20). The molecule has 0 saturated carbocycles. The summed E-state index contributed by atoms with van der Waals surface area (Å²) in [4.78, 5) is 11.8. The number of rotatable bonds is 2. The third-order valence-electron chi connectivity index (χ3n) is 2.62. The van der Waals surface area contributed by atoms with Crippen LogP contribution < -0.4 is 10.6 Å². The lowest BCUT2D eigenvalue weighted by molar-refractivity contribution is 0.262. The van der Waals surface area contributed by atoms with Crippen LogP contribution in [0.3, 0.4) is 0 Å². The van der Waals surface area contributed by atoms with Crippen molar-refractivity contribution in [1.82, 2.24) is 0 Å². The molecule has 6 heteroatoms. The number of urea groups is 1. The molecule has 2 aromatic carbocycles. The van der Waals surface area contributed by atoms with E-state index in [9.17, 15) is 9.18 Å². The van der Waals surface area contributed by atoms with Gasteiger partial charge in [-0.3, -0.25) is 0 Å². The Balaban J connectivity index is 2.13. The summed E-state index contributed by atoms with van der Waals surface area (Å²) in [5.41, 5.74) is 1.51. The highest BCUT2D eigenvalue weighted by molar-refractivity contribution is 9.10. The Bertz CT molecular complexity index is 664. The van der Waals surface area contributed by atoms with E-state index < -0.39 is 11.8 Å². The number of anilines is 2. The van der Waals surface area contributed by atoms with Crippen LogP contribution in [-0.2, 0) is 0 Å². The zero-order valence-corrected chi connectivity index (χ0v) is 12.8. The number of halogens is 3. The van der Waals surface area contributed by atoms with E-state index in [0.717, 1.165) is 5.56 Å². The van der Waals surface area contributed by atoms with E-state index in [1.807, 2.05) is 6.92 Å². The van der Waals surface area contributed by atoms with Gasteiger partial charge in [0, 0.05) is 9.50 Å². The van der Waals surface area contributed by atoms with Crippen molar-refractivity contribution in [2.45, 2.75) is 6.92 Å². The van der Waals surface area contributed by atoms with Gasteiger partial charge in [-0.15, -0.1) is 0 Å². The Morgan fingerprint density at radius 3 is 2.55 bits per heavy atom. The van der Waals surface area contributed by atoms with Crippen molar-refractivity contribution in [3.8, 4) is 0 Å². The normalized spacial score (nSPS) is 10.2. The molecule has 0 aliphatic carbocycles. The molecule has 0 aliphatic heterocycles. The van der Waals surface area contributed by atoms with Gasteiger partial charge in [-0.2, -0.15) is 0 Å². The molecule has 0 saturated heterocycles. The summed E-state index contributed by atoms with van der Waals surface area (Å²) in [7, 11) is 0. The van der Waals surface area contributed by atoms with Crippen LogP contribution in [0.25, 0.3) is 0 Å². The number of hydrogen-bond acceptors (Lipinski definition) is 1. The molecule has 2 amide bonds. The largest absolute Gasteiger partial charge is 0.323 e. The fourth-order valence-corrected chi connectivity index (χ4v) is 2.30. The number of benzene rings is 2. The van der Waals surface area contributed by atoms with Gasteiger partial charge in [-0.1, -0.05) is 23.7 Å². The van der Waals surface area contributed by atoms with E-state index in [2.05, 4.69) is 26.6 Å². The van der Waals surface area contributed by atoms with Gasteiger partial charge in [-0.25, -0.2) is 9.18 Å². The summed E-state index contributed by atoms with van der Waals surface area (Å²) in [6.07, 6.45) is 0. The van der Waals surface area contributed by atoms with Crippen LogP contribution in [0.4, 0.5) is 20.6 Å². The molecule has 2 rings (SSSR count). The van der Waals surface area contributed by atoms with Gasteiger partial charge >= 0.3 is 6.03 Å². The lowest BCUT2D eigenvalue weighted by Crippen LogP contribution is -2.20. The smallest absolute Gasteiger partial charge is 0.307 e. The molecule has 0 heterocycles. The first-order chi connectivity index (χ1) is 9.47. The monoisotopic (exact) mass is 356 g/mol. The van der Waals surface area contributed by atoms with Crippen LogP contribution in [0.1, 0.15) is 5.56 Å². The van der Waals surface area contributed by atoms with Gasteiger partial charge in [-0.05, 0) is 52.7 Å². The van der Waals surface area contributed by atoms with Crippen LogP contribution >= 0.6 is 27.5 Å². The molecule has 2 N–H and O–H groups in total. The Hall–Kier alpha value is -1.59. The van der Waals surface area contributed by atoms with Crippen LogP contribution in [-0.4, -0.2) is 6.03 Å². The number of hydrogen-bond donors (Lipinski definition) is 2. The van der Waals surface area contributed by atoms with Crippen molar-refractivity contribution in [2.24, 2.45) is 0 Å². The van der Waals surface area contributed by atoms with Gasteiger partial charge in [0.15, 0.2) is 0 Å². The predicted molar refractivity (Wildman–Crippen MR) is 82.9 cm³/mol. The molecule has 0 aromatic heterocycles. The summed E-state index contributed by atoms with van der Waals surface area (Å²) in [5, 5.41) is 5.57. The van der Waals surface area contributed by atoms with E-state index in [1.54, 1.807) is 24.3 Å². The predicted octanol–water partition coefficient (Wildman–Crippen LogP) is 5.19. The van der Waals surface area contributed by atoms with E-state index >= 15 is 0 Å². The van der Waals surface area contributed by atoms with Crippen molar-refractivity contribution in [1.29, 1.82) is 0 Å². The molecular formula is C14H11BrClFN2O. The number of amides is 2. The minimum absolute atomic E-state index is 0.110. The second kappa shape index (κ2) is 6.24. The molecular weight excluding hydrogens is 347 g/mol. The quantitative estimate of drug-likeness (QED) is 0.762. The third kappa shape index (κ3) is 3.49. The first-order valence-electron chi connectivity index (χ1n) is 5.75. The van der Waals surface area contributed by atoms with Gasteiger partial charge < -0.3 is 10.6 Å². The van der Waals surface area contributed by atoms with Gasteiger partial charge in [0.05, 0.1) is 11.4 Å². The second-order valence-electron chi connectivity index (χ2n) is 4.14. The Labute approximate surface area is 129 Å². The summed E-state index contributed by atoms with van der Waals surface area (Å²) >= 11 is 9.34. The lowest BCUT2D eigenvalue weighted by Gasteiger charge is -2.11. The van der Waals surface area contributed by atoms with E-state index in [-0.39, 0.29) is 5.69 Å². The van der Waals surface area contributed by atoms with Crippen molar-refractivity contribution in [3.05, 3.63) is 57.3 Å². The van der Waals surface area contributed by atoms with Crippen LogP contribution in [0.15, 0.2) is 40.9 Å². The highest BCUT2D eigenvalue weighted by Crippen LogP contribution is 2.29. The van der Waals surface area contributed by atoms with Crippen molar-refractivity contribution in [2.75, 3.05) is 10.6 Å². The van der Waals surface area contributed by atoms with Crippen LogP contribution in [0.5, 0.6) is 0 Å². The lowest BCUT2D eigenvalue weighted by atomic mass is 10.2. The maximum Gasteiger partial charge on any atom is 0.323 e. The first kappa shape index (κ1) is 14.8. The van der Waals surface area contributed by atoms with Crippen LogP contribution in [0.2, 0.25) is 5.02 Å². The zero-order chi connectivity index (χ0) is 14.7. The Kier molecular flexibility index (Phi) is 4.62. The molecule has 0 radical (unpaired) electrons. The third-order valence-corrected chi connectivity index (χ3v) is 3.68. The number of para-hydroxylation sites is 1. The van der Waals surface area contributed by atoms with Crippen molar-refractivity contribution < 1.29 is 9.18 Å². The van der Waals surface area contributed by atoms with E-state index in [4.69, 9.17) is 11.6 Å². The zero-order valence-electron chi connectivity index (χ0n) is 10.5. The van der Waals surface area contributed by atoms with Gasteiger partial charge in [0.2, 0.25) is 0 Å². The molecule has 0 unspecified atom stereocenters. The van der Waals surface area contributed by atoms with Gasteiger partial charge in [0.1, 0.15) is 5.82 Å². The number of carbonyl (C=O) groups excluding carboxylic acids is 1. The molecule has 0 fully saturated rings. The summed E-state index contributed by atoms with van der Waals surface area (Å²) in [5.74, 6) is -0.497. The minimum Gasteiger partial charge on any atom is -0.307 e. The van der Waals surface area contributed by atoms with Crippen LogP contribution in [0, 0.1) is 12.7 Å². The summed E-state index contributed by atoms with van der Waals surface area (Å²) in [6.45, 7) is 1.86. The van der Waals surface area contributed by atoms with E-state index in [1.165, 1.54) is 12.1 Å². The highest BCUT2D eigenvalue weighted by atomic mass is 79.9. The molecule has 104 valence electrons. The fourth-order valence-electron chi connectivity index (χ4n) is 1.58. The van der Waals surface area contributed by atoms with E-state index in [0.29, 0.717) is 15.2 Å². The average Bonchev–Trinajstić information content (AvgIpc) is 2.39. The molecule has 3 nitrogen and oxygen atoms in total. The maximum absolute atomic E-state index is 13.4. The Morgan fingerprint density at radius 1 is 1.20 bits per heavy atom. The molecule has 2 aromatic rings. The summed E-state index contributed by atoms with van der Waals surface area (Å²) < 4.78 is 14.1. The molecule has 0 spiro atoms. The molecule has 0 bridgehead atoms. The average molecular weight is 358 g/mol.